The van der Waals surface area contributed by atoms with E-state index in [9.17, 15) is 9.59 Å². The zero-order chi connectivity index (χ0) is 17.1. The van der Waals surface area contributed by atoms with Gasteiger partial charge in [0.05, 0.1) is 11.1 Å². The summed E-state index contributed by atoms with van der Waals surface area (Å²) in [6, 6.07) is 14.0. The second kappa shape index (κ2) is 7.36. The molecule has 0 N–H and O–H groups in total. The first-order chi connectivity index (χ1) is 11.5. The number of benzene rings is 2. The number of hydrogen-bond acceptors (Lipinski definition) is 4. The van der Waals surface area contributed by atoms with E-state index in [2.05, 4.69) is 22.6 Å². The van der Waals surface area contributed by atoms with Gasteiger partial charge in [-0.2, -0.15) is 0 Å². The summed E-state index contributed by atoms with van der Waals surface area (Å²) >= 11 is 8.06. The molecule has 0 fully saturated rings. The Morgan fingerprint density at radius 3 is 2.75 bits per heavy atom. The van der Waals surface area contributed by atoms with Crippen LogP contribution in [0.1, 0.15) is 15.9 Å². The van der Waals surface area contributed by atoms with E-state index in [1.807, 2.05) is 6.07 Å². The minimum atomic E-state index is -0.599. The first-order valence-electron chi connectivity index (χ1n) is 7.14. The summed E-state index contributed by atoms with van der Waals surface area (Å²) in [7, 11) is 0. The number of halogens is 2. The molecule has 3 rings (SSSR count). The van der Waals surface area contributed by atoms with E-state index in [1.54, 1.807) is 48.5 Å². The molecule has 0 saturated carbocycles. The zero-order valence-corrected chi connectivity index (χ0v) is 15.3. The zero-order valence-electron chi connectivity index (χ0n) is 12.4. The number of hydrogen-bond donors (Lipinski definition) is 0. The Morgan fingerprint density at radius 1 is 1.21 bits per heavy atom. The molecule has 4 nitrogen and oxygen atoms in total. The van der Waals surface area contributed by atoms with Crippen molar-refractivity contribution in [1.82, 2.24) is 0 Å². The largest absolute Gasteiger partial charge is 0.458 e. The molecule has 0 radical (unpaired) electrons. The molecule has 0 aromatic heterocycles. The summed E-state index contributed by atoms with van der Waals surface area (Å²) in [6.07, 6.45) is 1.05. The lowest BCUT2D eigenvalue weighted by atomic mass is 10.1. The Morgan fingerprint density at radius 2 is 2.00 bits per heavy atom. The molecule has 0 amide bonds. The lowest BCUT2D eigenvalue weighted by Gasteiger charge is -2.09. The smallest absolute Gasteiger partial charge is 0.339 e. The number of cyclic esters (lactones) is 1. The minimum Gasteiger partial charge on any atom is -0.458 e. The molecule has 122 valence electrons. The fourth-order valence-electron chi connectivity index (χ4n) is 2.30. The normalized spacial score (nSPS) is 16.5. The Balaban J connectivity index is 1.66. The van der Waals surface area contributed by atoms with E-state index >= 15 is 0 Å². The third kappa shape index (κ3) is 3.96. The maximum atomic E-state index is 12.0. The van der Waals surface area contributed by atoms with Gasteiger partial charge in [-0.3, -0.25) is 0 Å². The maximum absolute atomic E-state index is 12.0. The van der Waals surface area contributed by atoms with Gasteiger partial charge in [0.15, 0.2) is 6.10 Å². The number of esters is 2. The van der Waals surface area contributed by atoms with Crippen molar-refractivity contribution in [3.05, 3.63) is 74.3 Å². The highest BCUT2D eigenvalue weighted by atomic mass is 127. The quantitative estimate of drug-likeness (QED) is 0.515. The van der Waals surface area contributed by atoms with Gasteiger partial charge >= 0.3 is 11.9 Å². The monoisotopic (exact) mass is 454 g/mol. The molecule has 1 aliphatic heterocycles. The minimum absolute atomic E-state index is 0.0277. The predicted octanol–water partition coefficient (Wildman–Crippen LogP) is 4.11. The van der Waals surface area contributed by atoms with Crippen LogP contribution in [-0.4, -0.2) is 24.6 Å². The van der Waals surface area contributed by atoms with Crippen molar-refractivity contribution in [2.75, 3.05) is 6.61 Å². The lowest BCUT2D eigenvalue weighted by Crippen LogP contribution is -2.18. The van der Waals surface area contributed by atoms with Crippen molar-refractivity contribution in [2.45, 2.75) is 6.10 Å². The topological polar surface area (TPSA) is 52.6 Å². The number of ether oxygens (including phenoxy) is 2. The summed E-state index contributed by atoms with van der Waals surface area (Å²) in [5.41, 5.74) is 1.57. The summed E-state index contributed by atoms with van der Waals surface area (Å²) in [4.78, 5) is 24.0. The Hall–Kier alpha value is -1.86. The molecule has 2 aromatic carbocycles. The van der Waals surface area contributed by atoms with Crippen molar-refractivity contribution in [1.29, 1.82) is 0 Å². The van der Waals surface area contributed by atoms with Gasteiger partial charge in [0.2, 0.25) is 0 Å². The number of rotatable bonds is 4. The lowest BCUT2D eigenvalue weighted by molar-refractivity contribution is -0.139. The highest BCUT2D eigenvalue weighted by Crippen LogP contribution is 2.26. The molecule has 24 heavy (non-hydrogen) atoms. The molecule has 1 unspecified atom stereocenters. The second-order valence-corrected chi connectivity index (χ2v) is 6.83. The molecule has 0 saturated heterocycles. The van der Waals surface area contributed by atoms with Gasteiger partial charge in [0.25, 0.3) is 0 Å². The van der Waals surface area contributed by atoms with Crippen molar-refractivity contribution in [3.8, 4) is 0 Å². The average molecular weight is 455 g/mol. The van der Waals surface area contributed by atoms with Gasteiger partial charge in [0.1, 0.15) is 6.61 Å². The SMILES string of the molecule is O=C1OC(COC(=O)c2cccc(I)c2)C=C1c1cccc(Cl)c1. The van der Waals surface area contributed by atoms with Crippen LogP contribution in [0.5, 0.6) is 0 Å². The van der Waals surface area contributed by atoms with Crippen LogP contribution in [0, 0.1) is 3.57 Å². The second-order valence-electron chi connectivity index (χ2n) is 5.14. The van der Waals surface area contributed by atoms with E-state index in [4.69, 9.17) is 21.1 Å². The Bertz CT molecular complexity index is 831. The summed E-state index contributed by atoms with van der Waals surface area (Å²) in [5, 5.41) is 0.537. The molecule has 0 bridgehead atoms. The first kappa shape index (κ1) is 17.0. The average Bonchev–Trinajstić information content (AvgIpc) is 2.93. The Labute approximate surface area is 157 Å². The molecule has 2 aromatic rings. The van der Waals surface area contributed by atoms with E-state index in [-0.39, 0.29) is 6.61 Å². The molecule has 1 heterocycles. The van der Waals surface area contributed by atoms with Crippen LogP contribution in [-0.2, 0) is 14.3 Å². The molecular weight excluding hydrogens is 443 g/mol. The standard InChI is InChI=1S/C18H12ClIO4/c19-13-5-1-3-11(7-13)16-9-15(24-18(16)22)10-23-17(21)12-4-2-6-14(20)8-12/h1-9,15H,10H2. The fourth-order valence-corrected chi connectivity index (χ4v) is 3.03. The summed E-state index contributed by atoms with van der Waals surface area (Å²) in [5.74, 6) is -0.901. The van der Waals surface area contributed by atoms with Crippen molar-refractivity contribution < 1.29 is 19.1 Å². The fraction of sp³-hybridized carbons (Fsp3) is 0.111. The van der Waals surface area contributed by atoms with Crippen molar-refractivity contribution in [3.63, 3.8) is 0 Å². The van der Waals surface area contributed by atoms with E-state index < -0.39 is 18.0 Å². The van der Waals surface area contributed by atoms with Gasteiger partial charge in [-0.05, 0) is 64.6 Å². The summed E-state index contributed by atoms with van der Waals surface area (Å²) in [6.45, 7) is -0.0277. The molecule has 6 heteroatoms. The van der Waals surface area contributed by atoms with Gasteiger partial charge < -0.3 is 9.47 Å². The highest BCUT2D eigenvalue weighted by molar-refractivity contribution is 14.1. The molecule has 0 spiro atoms. The van der Waals surface area contributed by atoms with Crippen LogP contribution < -0.4 is 0 Å². The Kier molecular flexibility index (Phi) is 5.20. The number of carbonyl (C=O) groups is 2. The van der Waals surface area contributed by atoms with Crippen molar-refractivity contribution >= 4 is 51.7 Å². The molecular formula is C18H12ClIO4. The van der Waals surface area contributed by atoms with E-state index in [0.717, 1.165) is 3.57 Å². The van der Waals surface area contributed by atoms with Gasteiger partial charge in [-0.25, -0.2) is 9.59 Å². The van der Waals surface area contributed by atoms with Crippen LogP contribution in [0.2, 0.25) is 5.02 Å². The third-order valence-corrected chi connectivity index (χ3v) is 4.31. The summed E-state index contributed by atoms with van der Waals surface area (Å²) < 4.78 is 11.4. The highest BCUT2D eigenvalue weighted by Gasteiger charge is 2.27. The van der Waals surface area contributed by atoms with Gasteiger partial charge in [-0.15, -0.1) is 0 Å². The first-order valence-corrected chi connectivity index (χ1v) is 8.60. The molecule has 1 atom stereocenters. The van der Waals surface area contributed by atoms with Gasteiger partial charge in [0, 0.05) is 8.59 Å². The maximum Gasteiger partial charge on any atom is 0.339 e. The number of carbonyl (C=O) groups excluding carboxylic acids is 2. The molecule has 1 aliphatic rings. The molecule has 0 aliphatic carbocycles. The predicted molar refractivity (Wildman–Crippen MR) is 98.8 cm³/mol. The van der Waals surface area contributed by atoms with Crippen LogP contribution in [0.25, 0.3) is 5.57 Å². The van der Waals surface area contributed by atoms with Crippen LogP contribution in [0.4, 0.5) is 0 Å². The van der Waals surface area contributed by atoms with Crippen molar-refractivity contribution in [2.24, 2.45) is 0 Å². The van der Waals surface area contributed by atoms with Gasteiger partial charge in [-0.1, -0.05) is 29.8 Å². The third-order valence-electron chi connectivity index (χ3n) is 3.41. The van der Waals surface area contributed by atoms with Crippen LogP contribution in [0.3, 0.4) is 0 Å². The van der Waals surface area contributed by atoms with Crippen LogP contribution in [0.15, 0.2) is 54.6 Å². The van der Waals surface area contributed by atoms with Crippen LogP contribution >= 0.6 is 34.2 Å². The van der Waals surface area contributed by atoms with E-state index in [1.165, 1.54) is 0 Å². The van der Waals surface area contributed by atoms with E-state index in [0.29, 0.717) is 21.7 Å².